The topological polar surface area (TPSA) is 97.2 Å². The fourth-order valence-corrected chi connectivity index (χ4v) is 3.61. The number of nitrogens with zero attached hydrogens (tertiary/aromatic N) is 3. The average Bonchev–Trinajstić information content (AvgIpc) is 3.15. The van der Waals surface area contributed by atoms with Gasteiger partial charge in [0.05, 0.1) is 21.3 Å². The Labute approximate surface area is 185 Å². The lowest BCUT2D eigenvalue weighted by atomic mass is 9.95. The van der Waals surface area contributed by atoms with Crippen LogP contribution in [0.15, 0.2) is 48.8 Å². The van der Waals surface area contributed by atoms with E-state index in [1.807, 2.05) is 0 Å². The number of hydrogen-bond donors (Lipinski definition) is 2. The first kappa shape index (κ1) is 21.6. The van der Waals surface area contributed by atoms with Gasteiger partial charge < -0.3 is 15.2 Å². The van der Waals surface area contributed by atoms with Crippen LogP contribution >= 0.6 is 11.3 Å². The third-order valence-corrected chi connectivity index (χ3v) is 5.60. The van der Waals surface area contributed by atoms with E-state index in [2.05, 4.69) is 20.3 Å². The molecule has 10 heteroatoms. The zero-order chi connectivity index (χ0) is 22.9. The van der Waals surface area contributed by atoms with E-state index < -0.39 is 17.2 Å². The predicted octanol–water partition coefficient (Wildman–Crippen LogP) is 5.26. The van der Waals surface area contributed by atoms with Crippen molar-refractivity contribution in [3.8, 4) is 17.1 Å². The molecule has 7 nitrogen and oxygen atoms in total. The Hall–Kier alpha value is -3.66. The van der Waals surface area contributed by atoms with Gasteiger partial charge in [0.25, 0.3) is 0 Å². The second kappa shape index (κ2) is 8.46. The first-order valence-electron chi connectivity index (χ1n) is 9.52. The second-order valence-corrected chi connectivity index (χ2v) is 8.71. The van der Waals surface area contributed by atoms with Crippen molar-refractivity contribution in [3.63, 3.8) is 0 Å². The largest absolute Gasteiger partial charge is 0.481 e. The molecule has 0 radical (unpaired) electrons. The summed E-state index contributed by atoms with van der Waals surface area (Å²) in [6, 6.07) is 8.92. The summed E-state index contributed by atoms with van der Waals surface area (Å²) in [5, 5.41) is 12.5. The van der Waals surface area contributed by atoms with Crippen LogP contribution in [0.2, 0.25) is 0 Å². The molecule has 0 aliphatic carbocycles. The Morgan fingerprint density at radius 2 is 1.88 bits per heavy atom. The van der Waals surface area contributed by atoms with Crippen molar-refractivity contribution in [1.29, 1.82) is 0 Å². The van der Waals surface area contributed by atoms with Crippen molar-refractivity contribution >= 4 is 38.3 Å². The SMILES string of the molecule is CC(C)(COc1ncc(-c2ccc(Nc3nc4ccc(F)cc4s3)c(F)c2)cn1)C(=O)O. The Kier molecular flexibility index (Phi) is 5.70. The monoisotopic (exact) mass is 456 g/mol. The van der Waals surface area contributed by atoms with Crippen molar-refractivity contribution in [1.82, 2.24) is 15.0 Å². The number of carbonyl (C=O) groups is 1. The zero-order valence-corrected chi connectivity index (χ0v) is 17.9. The lowest BCUT2D eigenvalue weighted by molar-refractivity contribution is -0.148. The summed E-state index contributed by atoms with van der Waals surface area (Å²) < 4.78 is 34.0. The summed E-state index contributed by atoms with van der Waals surface area (Å²) in [5.74, 6) is -1.85. The normalized spacial score (nSPS) is 11.5. The molecule has 4 rings (SSSR count). The smallest absolute Gasteiger partial charge is 0.316 e. The number of carboxylic acids is 1. The van der Waals surface area contributed by atoms with E-state index in [1.165, 1.54) is 55.8 Å². The lowest BCUT2D eigenvalue weighted by Crippen LogP contribution is -2.31. The molecule has 0 spiro atoms. The molecule has 0 aliphatic heterocycles. The van der Waals surface area contributed by atoms with Crippen molar-refractivity contribution in [2.24, 2.45) is 5.41 Å². The number of rotatable bonds is 7. The van der Waals surface area contributed by atoms with Crippen molar-refractivity contribution < 1.29 is 23.4 Å². The number of anilines is 2. The van der Waals surface area contributed by atoms with E-state index in [0.29, 0.717) is 26.5 Å². The van der Waals surface area contributed by atoms with Crippen molar-refractivity contribution in [2.45, 2.75) is 13.8 Å². The number of aromatic nitrogens is 3. The average molecular weight is 456 g/mol. The van der Waals surface area contributed by atoms with Gasteiger partial charge in [-0.15, -0.1) is 0 Å². The van der Waals surface area contributed by atoms with E-state index in [9.17, 15) is 13.6 Å². The minimum Gasteiger partial charge on any atom is -0.481 e. The Morgan fingerprint density at radius 1 is 1.12 bits per heavy atom. The molecule has 164 valence electrons. The number of ether oxygens (including phenoxy) is 1. The summed E-state index contributed by atoms with van der Waals surface area (Å²) in [6.45, 7) is 2.98. The van der Waals surface area contributed by atoms with Crippen LogP contribution in [0.5, 0.6) is 6.01 Å². The molecule has 0 aliphatic rings. The third-order valence-electron chi connectivity index (χ3n) is 4.66. The van der Waals surface area contributed by atoms with Crippen LogP contribution < -0.4 is 10.1 Å². The first-order chi connectivity index (χ1) is 15.2. The molecule has 2 heterocycles. The summed E-state index contributed by atoms with van der Waals surface area (Å²) in [4.78, 5) is 23.6. The molecule has 0 saturated carbocycles. The van der Waals surface area contributed by atoms with Gasteiger partial charge in [0.15, 0.2) is 5.13 Å². The van der Waals surface area contributed by atoms with Gasteiger partial charge in [-0.25, -0.2) is 23.7 Å². The van der Waals surface area contributed by atoms with Gasteiger partial charge in [-0.2, -0.15) is 0 Å². The summed E-state index contributed by atoms with van der Waals surface area (Å²) in [7, 11) is 0. The number of hydrogen-bond acceptors (Lipinski definition) is 7. The molecule has 0 unspecified atom stereocenters. The van der Waals surface area contributed by atoms with Crippen LogP contribution in [0.25, 0.3) is 21.3 Å². The third kappa shape index (κ3) is 4.65. The number of fused-ring (bicyclic) bond motifs is 1. The minimum absolute atomic E-state index is 0.0362. The Balaban J connectivity index is 1.47. The highest BCUT2D eigenvalue weighted by atomic mass is 32.1. The number of carboxylic acid groups (broad SMARTS) is 1. The minimum atomic E-state index is -1.08. The summed E-state index contributed by atoms with van der Waals surface area (Å²) in [6.07, 6.45) is 2.94. The van der Waals surface area contributed by atoms with Gasteiger partial charge in [-0.1, -0.05) is 17.4 Å². The molecule has 0 amide bonds. The molecular formula is C22H18F2N4O3S. The maximum Gasteiger partial charge on any atom is 0.316 e. The molecule has 2 aromatic heterocycles. The number of aliphatic carboxylic acids is 1. The van der Waals surface area contributed by atoms with Gasteiger partial charge >= 0.3 is 12.0 Å². The van der Waals surface area contributed by atoms with Gasteiger partial charge in [0.1, 0.15) is 18.2 Å². The first-order valence-corrected chi connectivity index (χ1v) is 10.3. The molecule has 0 saturated heterocycles. The Bertz CT molecular complexity index is 1290. The number of nitrogens with one attached hydrogen (secondary N) is 1. The maximum atomic E-state index is 14.7. The lowest BCUT2D eigenvalue weighted by Gasteiger charge is -2.18. The van der Waals surface area contributed by atoms with Gasteiger partial charge in [0.2, 0.25) is 0 Å². The van der Waals surface area contributed by atoms with E-state index in [-0.39, 0.29) is 24.1 Å². The molecule has 32 heavy (non-hydrogen) atoms. The maximum absolute atomic E-state index is 14.7. The standard InChI is InChI=1S/C22H18F2N4O3S/c1-22(2,19(29)30)11-31-20-25-9-13(10-26-20)12-3-5-16(15(24)7-12)27-21-28-17-6-4-14(23)8-18(17)32-21/h3-10H,11H2,1-2H3,(H,27,28)(H,29,30). The number of thiazole rings is 1. The highest BCUT2D eigenvalue weighted by Crippen LogP contribution is 2.31. The van der Waals surface area contributed by atoms with E-state index in [4.69, 9.17) is 9.84 Å². The number of halogens is 2. The van der Waals surface area contributed by atoms with Crippen molar-refractivity contribution in [3.05, 3.63) is 60.4 Å². The van der Waals surface area contributed by atoms with Crippen molar-refractivity contribution in [2.75, 3.05) is 11.9 Å². The quantitative estimate of drug-likeness (QED) is 0.391. The fourth-order valence-electron chi connectivity index (χ4n) is 2.71. The van der Waals surface area contributed by atoms with Crippen LogP contribution in [0.1, 0.15) is 13.8 Å². The summed E-state index contributed by atoms with van der Waals surface area (Å²) in [5.41, 5.74) is 0.894. The van der Waals surface area contributed by atoms with Crippen LogP contribution in [0.3, 0.4) is 0 Å². The van der Waals surface area contributed by atoms with Gasteiger partial charge in [0, 0.05) is 18.0 Å². The van der Waals surface area contributed by atoms with Crippen LogP contribution in [-0.2, 0) is 4.79 Å². The van der Waals surface area contributed by atoms with E-state index >= 15 is 0 Å². The van der Waals surface area contributed by atoms with Crippen LogP contribution in [0.4, 0.5) is 19.6 Å². The molecular weight excluding hydrogens is 438 g/mol. The Morgan fingerprint density at radius 3 is 2.56 bits per heavy atom. The fraction of sp³-hybridized carbons (Fsp3) is 0.182. The summed E-state index contributed by atoms with van der Waals surface area (Å²) >= 11 is 1.23. The molecule has 4 aromatic rings. The van der Waals surface area contributed by atoms with Crippen LogP contribution in [0, 0.1) is 17.0 Å². The zero-order valence-electron chi connectivity index (χ0n) is 17.1. The molecule has 2 N–H and O–H groups in total. The van der Waals surface area contributed by atoms with E-state index in [1.54, 1.807) is 18.2 Å². The highest BCUT2D eigenvalue weighted by molar-refractivity contribution is 7.22. The second-order valence-electron chi connectivity index (χ2n) is 7.68. The highest BCUT2D eigenvalue weighted by Gasteiger charge is 2.28. The number of benzene rings is 2. The van der Waals surface area contributed by atoms with Gasteiger partial charge in [-0.3, -0.25) is 4.79 Å². The molecule has 2 aromatic carbocycles. The molecule has 0 bridgehead atoms. The predicted molar refractivity (Wildman–Crippen MR) is 117 cm³/mol. The van der Waals surface area contributed by atoms with Crippen LogP contribution in [-0.4, -0.2) is 32.6 Å². The molecule has 0 fully saturated rings. The molecule has 0 atom stereocenters. The van der Waals surface area contributed by atoms with E-state index in [0.717, 1.165) is 0 Å². The van der Waals surface area contributed by atoms with Gasteiger partial charge in [-0.05, 0) is 49.7 Å².